The first-order valence-electron chi connectivity index (χ1n) is 17.4. The molecule has 0 unspecified atom stereocenters. The zero-order valence-corrected chi connectivity index (χ0v) is 28.3. The smallest absolute Gasteiger partial charge is 0.407 e. The highest BCUT2D eigenvalue weighted by atomic mass is 16.6. The largest absolute Gasteiger partial charge is 0.446 e. The third-order valence-corrected chi connectivity index (χ3v) is 14.6. The molecule has 1 aliphatic heterocycles. The maximum absolute atomic E-state index is 13.0. The third kappa shape index (κ3) is 4.89. The quantitative estimate of drug-likeness (QED) is 0.367. The predicted molar refractivity (Wildman–Crippen MR) is 171 cm³/mol. The summed E-state index contributed by atoms with van der Waals surface area (Å²) < 4.78 is 13.1. The second-order valence-corrected chi connectivity index (χ2v) is 17.6. The van der Waals surface area contributed by atoms with Gasteiger partial charge in [0.05, 0.1) is 17.3 Å². The molecule has 43 heavy (non-hydrogen) atoms. The molecular weight excluding hydrogens is 534 g/mol. The van der Waals surface area contributed by atoms with E-state index < -0.39 is 0 Å². The van der Waals surface area contributed by atoms with Gasteiger partial charge < -0.3 is 19.9 Å². The third-order valence-electron chi connectivity index (χ3n) is 14.6. The van der Waals surface area contributed by atoms with Crippen LogP contribution in [0.15, 0.2) is 30.3 Å². The van der Waals surface area contributed by atoms with E-state index in [1.165, 1.54) is 19.3 Å². The number of ether oxygens (including phenoxy) is 2. The van der Waals surface area contributed by atoms with Crippen LogP contribution < -0.4 is 5.32 Å². The molecule has 2 N–H and O–H groups in total. The lowest BCUT2D eigenvalue weighted by Gasteiger charge is -2.70. The summed E-state index contributed by atoms with van der Waals surface area (Å²) in [7, 11) is 0. The van der Waals surface area contributed by atoms with Gasteiger partial charge in [-0.1, -0.05) is 65.0 Å². The Morgan fingerprint density at radius 3 is 2.28 bits per heavy atom. The normalized spacial score (nSPS) is 46.6. The van der Waals surface area contributed by atoms with Gasteiger partial charge in [0.2, 0.25) is 0 Å². The van der Waals surface area contributed by atoms with Gasteiger partial charge in [0.1, 0.15) is 6.10 Å². The van der Waals surface area contributed by atoms with Crippen molar-refractivity contribution >= 4 is 6.09 Å². The number of carbonyl (C=O) groups excluding carboxylic acids is 1. The van der Waals surface area contributed by atoms with E-state index >= 15 is 0 Å². The predicted octanol–water partition coefficient (Wildman–Crippen LogP) is 8.68. The molecule has 4 saturated carbocycles. The molecule has 0 radical (unpaired) electrons. The molecule has 0 spiro atoms. The summed E-state index contributed by atoms with van der Waals surface area (Å²) in [6.45, 7) is 19.7. The van der Waals surface area contributed by atoms with E-state index in [0.29, 0.717) is 24.3 Å². The van der Waals surface area contributed by atoms with E-state index in [1.54, 1.807) is 0 Å². The van der Waals surface area contributed by atoms with Crippen molar-refractivity contribution < 1.29 is 19.4 Å². The monoisotopic (exact) mass is 593 g/mol. The summed E-state index contributed by atoms with van der Waals surface area (Å²) in [5.41, 5.74) is 1.07. The molecule has 4 aliphatic carbocycles. The molecule has 6 rings (SSSR count). The van der Waals surface area contributed by atoms with Crippen molar-refractivity contribution in [3.8, 4) is 0 Å². The molecule has 5 aliphatic rings. The highest BCUT2D eigenvalue weighted by Gasteiger charge is 2.72. The second kappa shape index (κ2) is 10.5. The number of benzene rings is 1. The summed E-state index contributed by atoms with van der Waals surface area (Å²) in [5, 5.41) is 15.2. The number of rotatable bonds is 4. The molecular formula is C38H59NO4. The van der Waals surface area contributed by atoms with E-state index in [0.717, 1.165) is 50.5 Å². The van der Waals surface area contributed by atoms with Gasteiger partial charge in [-0.25, -0.2) is 4.79 Å². The molecule has 1 heterocycles. The van der Waals surface area contributed by atoms with Gasteiger partial charge in [-0.15, -0.1) is 0 Å². The molecule has 0 bridgehead atoms. The van der Waals surface area contributed by atoms with Crippen LogP contribution >= 0.6 is 0 Å². The second-order valence-electron chi connectivity index (χ2n) is 17.6. The van der Waals surface area contributed by atoms with Gasteiger partial charge in [0.25, 0.3) is 0 Å². The Labute approximate surface area is 261 Å². The minimum atomic E-state index is -0.312. The van der Waals surface area contributed by atoms with Gasteiger partial charge >= 0.3 is 6.09 Å². The maximum Gasteiger partial charge on any atom is 0.407 e. The van der Waals surface area contributed by atoms with Gasteiger partial charge in [-0.2, -0.15) is 0 Å². The standard InChI is InChI=1S/C38H59NO4/c1-33(2)18-12-19-38(8,43-33)26-15-21-37(7)31(26)27(40)23-29-35(5)20-17-30(34(3,4)28(35)16-22-36(29,37)6)42-32(41)39-24-25-13-10-9-11-14-25/h9-11,13-14,26-31,40H,12,15-24H2,1-8H3,(H,39,41)/t26-,27+,28-,29+,30-,31-,35-,36+,37+,38+/m0/s1. The van der Waals surface area contributed by atoms with Crippen LogP contribution in [0.25, 0.3) is 0 Å². The number of aliphatic hydroxyl groups excluding tert-OH is 1. The van der Waals surface area contributed by atoms with E-state index in [-0.39, 0.29) is 57.1 Å². The number of alkyl carbamates (subject to hydrolysis) is 1. The fraction of sp³-hybridized carbons (Fsp3) is 0.816. The molecule has 1 amide bonds. The van der Waals surface area contributed by atoms with Crippen LogP contribution in [0.2, 0.25) is 0 Å². The van der Waals surface area contributed by atoms with Crippen molar-refractivity contribution in [2.45, 2.75) is 150 Å². The molecule has 5 heteroatoms. The summed E-state index contributed by atoms with van der Waals surface area (Å²) in [6, 6.07) is 10.0. The van der Waals surface area contributed by atoms with Gasteiger partial charge in [0, 0.05) is 12.0 Å². The van der Waals surface area contributed by atoms with Crippen LogP contribution in [-0.4, -0.2) is 34.6 Å². The minimum Gasteiger partial charge on any atom is -0.446 e. The van der Waals surface area contributed by atoms with Gasteiger partial charge in [-0.3, -0.25) is 0 Å². The van der Waals surface area contributed by atoms with Crippen molar-refractivity contribution in [2.75, 3.05) is 0 Å². The van der Waals surface area contributed by atoms with Crippen LogP contribution in [0.5, 0.6) is 0 Å². The number of fused-ring (bicyclic) bond motifs is 5. The molecule has 1 aromatic carbocycles. The minimum absolute atomic E-state index is 0.0890. The Morgan fingerprint density at radius 1 is 0.884 bits per heavy atom. The number of hydrogen-bond donors (Lipinski definition) is 2. The summed E-state index contributed by atoms with van der Waals surface area (Å²) in [5.74, 6) is 1.60. The average molecular weight is 594 g/mol. The SMILES string of the molecule is CC1(C)CCC[C@](C)([C@H]2CC[C@]3(C)[C@@H]2[C@H](O)C[C@@H]2[C@@]4(C)CC[C@H](OC(=O)NCc5ccccc5)C(C)(C)[C@@H]4CC[C@]23C)O1. The van der Waals surface area contributed by atoms with E-state index in [9.17, 15) is 9.90 Å². The van der Waals surface area contributed by atoms with E-state index in [4.69, 9.17) is 9.47 Å². The first-order valence-corrected chi connectivity index (χ1v) is 17.4. The zero-order valence-electron chi connectivity index (χ0n) is 28.3. The average Bonchev–Trinajstić information content (AvgIpc) is 3.31. The number of carbonyl (C=O) groups is 1. The van der Waals surface area contributed by atoms with Crippen LogP contribution in [0.3, 0.4) is 0 Å². The van der Waals surface area contributed by atoms with Crippen LogP contribution in [0.1, 0.15) is 125 Å². The highest BCUT2D eigenvalue weighted by molar-refractivity contribution is 5.67. The number of hydrogen-bond acceptors (Lipinski definition) is 4. The lowest BCUT2D eigenvalue weighted by molar-refractivity contribution is -0.257. The molecule has 5 nitrogen and oxygen atoms in total. The summed E-state index contributed by atoms with van der Waals surface area (Å²) >= 11 is 0. The van der Waals surface area contributed by atoms with Gasteiger partial charge in [0.15, 0.2) is 0 Å². The molecule has 0 aromatic heterocycles. The molecule has 1 aromatic rings. The van der Waals surface area contributed by atoms with Crippen molar-refractivity contribution in [3.05, 3.63) is 35.9 Å². The number of nitrogens with one attached hydrogen (secondary N) is 1. The Bertz CT molecular complexity index is 1200. The lowest BCUT2D eigenvalue weighted by Crippen LogP contribution is -2.67. The first-order chi connectivity index (χ1) is 20.1. The highest BCUT2D eigenvalue weighted by Crippen LogP contribution is 2.76. The summed E-state index contributed by atoms with van der Waals surface area (Å²) in [4.78, 5) is 13.0. The fourth-order valence-electron chi connectivity index (χ4n) is 12.4. The molecule has 5 fully saturated rings. The topological polar surface area (TPSA) is 67.8 Å². The Kier molecular flexibility index (Phi) is 7.65. The van der Waals surface area contributed by atoms with Gasteiger partial charge in [-0.05, 0) is 130 Å². The zero-order chi connectivity index (χ0) is 31.1. The molecule has 1 saturated heterocycles. The van der Waals surface area contributed by atoms with Crippen LogP contribution in [-0.2, 0) is 16.0 Å². The van der Waals surface area contributed by atoms with Crippen LogP contribution in [0.4, 0.5) is 4.79 Å². The van der Waals surface area contributed by atoms with Crippen LogP contribution in [0, 0.1) is 45.3 Å². The first kappa shape index (κ1) is 31.4. The summed E-state index contributed by atoms with van der Waals surface area (Å²) in [6.07, 6.45) is 10.2. The molecule has 240 valence electrons. The Balaban J connectivity index is 1.21. The van der Waals surface area contributed by atoms with Crippen molar-refractivity contribution in [3.63, 3.8) is 0 Å². The maximum atomic E-state index is 13.0. The lowest BCUT2D eigenvalue weighted by atomic mass is 9.35. The van der Waals surface area contributed by atoms with Crippen molar-refractivity contribution in [1.82, 2.24) is 5.32 Å². The fourth-order valence-corrected chi connectivity index (χ4v) is 12.4. The Hall–Kier alpha value is -1.59. The van der Waals surface area contributed by atoms with E-state index in [2.05, 4.69) is 60.7 Å². The van der Waals surface area contributed by atoms with Crippen molar-refractivity contribution in [1.29, 1.82) is 0 Å². The number of amides is 1. The number of aliphatic hydroxyl groups is 1. The van der Waals surface area contributed by atoms with Crippen molar-refractivity contribution in [2.24, 2.45) is 45.3 Å². The Morgan fingerprint density at radius 2 is 1.58 bits per heavy atom. The van der Waals surface area contributed by atoms with E-state index in [1.807, 2.05) is 30.3 Å². The molecule has 10 atom stereocenters.